The average molecular weight is 273 g/mol. The van der Waals surface area contributed by atoms with Crippen LogP contribution in [0, 0.1) is 0 Å². The molecule has 2 aromatic rings. The standard InChI is InChI=1S/C11H13ClN2S2/c1-11(2,3)7-5-15-9(13-7)4-10-14-8(12)6-16-10/h5-6H,4H2,1-3H3. The van der Waals surface area contributed by atoms with E-state index in [9.17, 15) is 0 Å². The molecular weight excluding hydrogens is 260 g/mol. The van der Waals surface area contributed by atoms with Gasteiger partial charge in [0.25, 0.3) is 0 Å². The van der Waals surface area contributed by atoms with Gasteiger partial charge in [-0.2, -0.15) is 0 Å². The zero-order valence-electron chi connectivity index (χ0n) is 9.45. The number of nitrogens with zero attached hydrogens (tertiary/aromatic N) is 2. The summed E-state index contributed by atoms with van der Waals surface area (Å²) in [6, 6.07) is 0. The topological polar surface area (TPSA) is 25.8 Å². The van der Waals surface area contributed by atoms with Crippen molar-refractivity contribution in [3.8, 4) is 0 Å². The van der Waals surface area contributed by atoms with Crippen LogP contribution in [-0.2, 0) is 11.8 Å². The van der Waals surface area contributed by atoms with E-state index in [4.69, 9.17) is 11.6 Å². The maximum Gasteiger partial charge on any atom is 0.140 e. The molecule has 2 heterocycles. The third-order valence-corrected chi connectivity index (χ3v) is 4.17. The molecule has 0 saturated heterocycles. The molecule has 0 radical (unpaired) electrons. The summed E-state index contributed by atoms with van der Waals surface area (Å²) in [6.45, 7) is 6.52. The van der Waals surface area contributed by atoms with Crippen molar-refractivity contribution in [3.05, 3.63) is 31.6 Å². The van der Waals surface area contributed by atoms with Crippen LogP contribution in [-0.4, -0.2) is 9.97 Å². The molecule has 2 nitrogen and oxygen atoms in total. The Kier molecular flexibility index (Phi) is 3.33. The number of hydrogen-bond acceptors (Lipinski definition) is 4. The molecule has 0 spiro atoms. The van der Waals surface area contributed by atoms with Gasteiger partial charge in [0.15, 0.2) is 0 Å². The van der Waals surface area contributed by atoms with Gasteiger partial charge >= 0.3 is 0 Å². The molecule has 0 fully saturated rings. The van der Waals surface area contributed by atoms with Crippen LogP contribution in [0.1, 0.15) is 36.5 Å². The summed E-state index contributed by atoms with van der Waals surface area (Å²) in [4.78, 5) is 8.86. The van der Waals surface area contributed by atoms with Crippen molar-refractivity contribution in [2.45, 2.75) is 32.6 Å². The highest BCUT2D eigenvalue weighted by Crippen LogP contribution is 2.26. The largest absolute Gasteiger partial charge is 0.245 e. The van der Waals surface area contributed by atoms with Crippen LogP contribution in [0.25, 0.3) is 0 Å². The third kappa shape index (κ3) is 2.81. The molecule has 0 aliphatic rings. The summed E-state index contributed by atoms with van der Waals surface area (Å²) in [7, 11) is 0. The van der Waals surface area contributed by atoms with E-state index in [0.29, 0.717) is 5.15 Å². The molecule has 0 aliphatic carbocycles. The first-order valence-corrected chi connectivity index (χ1v) is 7.13. The van der Waals surface area contributed by atoms with Gasteiger partial charge in [-0.1, -0.05) is 32.4 Å². The van der Waals surface area contributed by atoms with Crippen LogP contribution in [0.3, 0.4) is 0 Å². The summed E-state index contributed by atoms with van der Waals surface area (Å²) >= 11 is 9.06. The van der Waals surface area contributed by atoms with Crippen LogP contribution in [0.4, 0.5) is 0 Å². The number of aromatic nitrogens is 2. The molecule has 0 saturated carbocycles. The van der Waals surface area contributed by atoms with Gasteiger partial charge in [-0.15, -0.1) is 22.7 Å². The van der Waals surface area contributed by atoms with E-state index >= 15 is 0 Å². The normalized spacial score (nSPS) is 12.0. The molecule has 16 heavy (non-hydrogen) atoms. The average Bonchev–Trinajstić information content (AvgIpc) is 2.74. The maximum absolute atomic E-state index is 5.79. The van der Waals surface area contributed by atoms with Crippen molar-refractivity contribution >= 4 is 34.3 Å². The Bertz CT molecular complexity index is 482. The van der Waals surface area contributed by atoms with Crippen LogP contribution in [0.5, 0.6) is 0 Å². The predicted molar refractivity (Wildman–Crippen MR) is 70.7 cm³/mol. The molecule has 0 unspecified atom stereocenters. The highest BCUT2D eigenvalue weighted by molar-refractivity contribution is 7.11. The van der Waals surface area contributed by atoms with Crippen LogP contribution >= 0.6 is 34.3 Å². The Balaban J connectivity index is 2.14. The maximum atomic E-state index is 5.79. The second-order valence-corrected chi connectivity index (χ2v) is 6.89. The Labute approximate surface area is 108 Å². The highest BCUT2D eigenvalue weighted by atomic mass is 35.5. The van der Waals surface area contributed by atoms with Crippen LogP contribution < -0.4 is 0 Å². The van der Waals surface area contributed by atoms with E-state index in [0.717, 1.165) is 22.1 Å². The molecule has 0 atom stereocenters. The number of thiazole rings is 2. The Hall–Kier alpha value is -0.450. The summed E-state index contributed by atoms with van der Waals surface area (Å²) in [6.07, 6.45) is 0.790. The lowest BCUT2D eigenvalue weighted by Crippen LogP contribution is -2.11. The van der Waals surface area contributed by atoms with Gasteiger partial charge in [0.1, 0.15) is 10.2 Å². The lowest BCUT2D eigenvalue weighted by Gasteiger charge is -2.14. The minimum Gasteiger partial charge on any atom is -0.245 e. The van der Waals surface area contributed by atoms with Gasteiger partial charge in [-0.25, -0.2) is 9.97 Å². The van der Waals surface area contributed by atoms with Gasteiger partial charge in [-0.05, 0) is 0 Å². The van der Waals surface area contributed by atoms with E-state index < -0.39 is 0 Å². The van der Waals surface area contributed by atoms with Crippen molar-refractivity contribution in [3.63, 3.8) is 0 Å². The summed E-state index contributed by atoms with van der Waals surface area (Å²) < 4.78 is 0. The molecule has 0 bridgehead atoms. The molecule has 2 rings (SSSR count). The fourth-order valence-corrected chi connectivity index (χ4v) is 3.29. The molecule has 5 heteroatoms. The zero-order valence-corrected chi connectivity index (χ0v) is 11.8. The summed E-state index contributed by atoms with van der Waals surface area (Å²) in [5, 5.41) is 6.70. The van der Waals surface area contributed by atoms with Crippen molar-refractivity contribution < 1.29 is 0 Å². The van der Waals surface area contributed by atoms with Gasteiger partial charge in [0.05, 0.1) is 17.1 Å². The third-order valence-electron chi connectivity index (χ3n) is 2.15. The minimum absolute atomic E-state index is 0.120. The van der Waals surface area contributed by atoms with E-state index in [1.165, 1.54) is 0 Å². The van der Waals surface area contributed by atoms with Gasteiger partial charge in [0, 0.05) is 16.2 Å². The molecule has 0 N–H and O–H groups in total. The molecule has 86 valence electrons. The van der Waals surface area contributed by atoms with Gasteiger partial charge in [-0.3, -0.25) is 0 Å². The second kappa shape index (κ2) is 4.43. The van der Waals surface area contributed by atoms with Crippen molar-refractivity contribution in [2.24, 2.45) is 0 Å². The Morgan fingerprint density at radius 2 is 1.75 bits per heavy atom. The van der Waals surface area contributed by atoms with E-state index in [-0.39, 0.29) is 5.41 Å². The second-order valence-electron chi connectivity index (χ2n) is 4.62. The molecular formula is C11H13ClN2S2. The van der Waals surface area contributed by atoms with Gasteiger partial charge < -0.3 is 0 Å². The fourth-order valence-electron chi connectivity index (χ4n) is 1.24. The first-order chi connectivity index (χ1) is 7.45. The quantitative estimate of drug-likeness (QED) is 0.821. The molecule has 0 aliphatic heterocycles. The van der Waals surface area contributed by atoms with Gasteiger partial charge in [0.2, 0.25) is 0 Å². The minimum atomic E-state index is 0.120. The van der Waals surface area contributed by atoms with E-state index in [2.05, 4.69) is 36.1 Å². The molecule has 0 aromatic carbocycles. The lowest BCUT2D eigenvalue weighted by atomic mass is 9.93. The molecule has 2 aromatic heterocycles. The number of rotatable bonds is 2. The fraction of sp³-hybridized carbons (Fsp3) is 0.455. The SMILES string of the molecule is CC(C)(C)c1csc(Cc2nc(Cl)cs2)n1. The first-order valence-electron chi connectivity index (χ1n) is 5.00. The number of halogens is 1. The molecule has 0 amide bonds. The van der Waals surface area contributed by atoms with Crippen LogP contribution in [0.2, 0.25) is 5.15 Å². The zero-order chi connectivity index (χ0) is 11.8. The predicted octanol–water partition coefficient (Wildman–Crippen LogP) is 4.14. The van der Waals surface area contributed by atoms with Crippen molar-refractivity contribution in [2.75, 3.05) is 0 Å². The van der Waals surface area contributed by atoms with Crippen LogP contribution in [0.15, 0.2) is 10.8 Å². The Morgan fingerprint density at radius 3 is 2.25 bits per heavy atom. The van der Waals surface area contributed by atoms with E-state index in [1.54, 1.807) is 22.7 Å². The smallest absolute Gasteiger partial charge is 0.140 e. The lowest BCUT2D eigenvalue weighted by molar-refractivity contribution is 0.571. The first kappa shape index (κ1) is 12.0. The Morgan fingerprint density at radius 1 is 1.12 bits per heavy atom. The number of hydrogen-bond donors (Lipinski definition) is 0. The van der Waals surface area contributed by atoms with Crippen molar-refractivity contribution in [1.29, 1.82) is 0 Å². The highest BCUT2D eigenvalue weighted by Gasteiger charge is 2.17. The van der Waals surface area contributed by atoms with E-state index in [1.807, 2.05) is 5.38 Å². The summed E-state index contributed by atoms with van der Waals surface area (Å²) in [5.41, 5.74) is 1.27. The monoisotopic (exact) mass is 272 g/mol. The summed E-state index contributed by atoms with van der Waals surface area (Å²) in [5.74, 6) is 0. The van der Waals surface area contributed by atoms with Crippen molar-refractivity contribution in [1.82, 2.24) is 9.97 Å².